The number of Topliss-reactive ketones (excluding diaryl/α,β-unsaturated/α-hetero) is 1. The van der Waals surface area contributed by atoms with Gasteiger partial charge in [-0.2, -0.15) is 0 Å². The molecule has 0 radical (unpaired) electrons. The number of carbonyl (C=O) groups is 2. The van der Waals surface area contributed by atoms with E-state index in [0.717, 1.165) is 0 Å². The van der Waals surface area contributed by atoms with Gasteiger partial charge in [0.05, 0.1) is 0 Å². The first-order valence-electron chi connectivity index (χ1n) is 3.34. The van der Waals surface area contributed by atoms with Crippen LogP contribution in [0.5, 0.6) is 0 Å². The molecule has 0 heterocycles. The summed E-state index contributed by atoms with van der Waals surface area (Å²) in [6.07, 6.45) is -1.94. The van der Waals surface area contributed by atoms with Crippen molar-refractivity contribution in [1.82, 2.24) is 0 Å². The third-order valence-corrected chi connectivity index (χ3v) is 1.21. The molecule has 0 aliphatic heterocycles. The van der Waals surface area contributed by atoms with E-state index in [9.17, 15) is 9.59 Å². The van der Waals surface area contributed by atoms with Crippen LogP contribution in [-0.2, 0) is 14.3 Å². The van der Waals surface area contributed by atoms with Crippen LogP contribution in [0, 0.1) is 0 Å². The van der Waals surface area contributed by atoms with E-state index in [0.29, 0.717) is 0 Å². The maximum absolute atomic E-state index is 10.6. The van der Waals surface area contributed by atoms with E-state index in [4.69, 9.17) is 5.11 Å². The molecular formula is C7H12O4. The highest BCUT2D eigenvalue weighted by atomic mass is 16.6. The molecule has 0 aliphatic carbocycles. The van der Waals surface area contributed by atoms with Gasteiger partial charge in [0.1, 0.15) is 6.10 Å². The smallest absolute Gasteiger partial charge is 0.335 e. The minimum Gasteiger partial charge on any atom is -0.453 e. The molecule has 0 rings (SSSR count). The number of esters is 1. The summed E-state index contributed by atoms with van der Waals surface area (Å²) in [4.78, 5) is 21.2. The van der Waals surface area contributed by atoms with Gasteiger partial charge in [0.15, 0.2) is 11.9 Å². The average molecular weight is 160 g/mol. The highest BCUT2D eigenvalue weighted by molar-refractivity contribution is 5.84. The summed E-state index contributed by atoms with van der Waals surface area (Å²) in [6.45, 7) is 4.07. The minimum atomic E-state index is -1.17. The van der Waals surface area contributed by atoms with Gasteiger partial charge in [-0.05, 0) is 20.8 Å². The Morgan fingerprint density at radius 1 is 1.36 bits per heavy atom. The van der Waals surface area contributed by atoms with Crippen LogP contribution in [0.15, 0.2) is 0 Å². The number of hydrogen-bond donors (Lipinski definition) is 1. The number of rotatable bonds is 3. The molecule has 11 heavy (non-hydrogen) atoms. The van der Waals surface area contributed by atoms with Crippen LogP contribution in [0.1, 0.15) is 20.8 Å². The number of aliphatic hydroxyl groups excluding tert-OH is 1. The predicted octanol–water partition coefficient (Wildman–Crippen LogP) is -0.112. The second-order valence-corrected chi connectivity index (χ2v) is 2.37. The fourth-order valence-corrected chi connectivity index (χ4v) is 0.356. The van der Waals surface area contributed by atoms with Crippen LogP contribution in [0.2, 0.25) is 0 Å². The van der Waals surface area contributed by atoms with Gasteiger partial charge in [0.2, 0.25) is 0 Å². The fraction of sp³-hybridized carbons (Fsp3) is 0.714. The van der Waals surface area contributed by atoms with Crippen LogP contribution >= 0.6 is 0 Å². The molecule has 0 aromatic carbocycles. The Hall–Kier alpha value is -0.900. The molecular weight excluding hydrogens is 148 g/mol. The van der Waals surface area contributed by atoms with Crippen LogP contribution < -0.4 is 0 Å². The molecule has 0 bridgehead atoms. The lowest BCUT2D eigenvalue weighted by molar-refractivity contribution is -0.160. The summed E-state index contributed by atoms with van der Waals surface area (Å²) in [6, 6.07) is 0. The van der Waals surface area contributed by atoms with E-state index in [2.05, 4.69) is 4.74 Å². The van der Waals surface area contributed by atoms with Crippen molar-refractivity contribution in [3.05, 3.63) is 0 Å². The monoisotopic (exact) mass is 160 g/mol. The van der Waals surface area contributed by atoms with E-state index in [-0.39, 0.29) is 5.78 Å². The Morgan fingerprint density at radius 3 is 2.09 bits per heavy atom. The maximum Gasteiger partial charge on any atom is 0.335 e. The molecule has 1 N–H and O–H groups in total. The summed E-state index contributed by atoms with van der Waals surface area (Å²) in [5.41, 5.74) is 0. The fourth-order valence-electron chi connectivity index (χ4n) is 0.356. The van der Waals surface area contributed by atoms with Gasteiger partial charge in [-0.15, -0.1) is 0 Å². The second-order valence-electron chi connectivity index (χ2n) is 2.37. The highest BCUT2D eigenvalue weighted by Crippen LogP contribution is 1.95. The van der Waals surface area contributed by atoms with Gasteiger partial charge in [-0.1, -0.05) is 0 Å². The third-order valence-electron chi connectivity index (χ3n) is 1.21. The molecule has 64 valence electrons. The lowest BCUT2D eigenvalue weighted by Gasteiger charge is -2.10. The van der Waals surface area contributed by atoms with Gasteiger partial charge >= 0.3 is 5.97 Å². The Kier molecular flexibility index (Phi) is 3.74. The zero-order chi connectivity index (χ0) is 9.02. The Balaban J connectivity index is 3.85. The van der Waals surface area contributed by atoms with Crippen molar-refractivity contribution in [2.24, 2.45) is 0 Å². The molecule has 2 atom stereocenters. The molecule has 0 aliphatic rings. The number of ketones is 1. The predicted molar refractivity (Wildman–Crippen MR) is 37.9 cm³/mol. The van der Waals surface area contributed by atoms with Gasteiger partial charge in [-0.25, -0.2) is 4.79 Å². The Bertz CT molecular complexity index is 162. The van der Waals surface area contributed by atoms with Crippen molar-refractivity contribution in [3.63, 3.8) is 0 Å². The molecule has 0 spiro atoms. The first-order chi connectivity index (χ1) is 4.95. The van der Waals surface area contributed by atoms with Gasteiger partial charge in [0.25, 0.3) is 0 Å². The van der Waals surface area contributed by atoms with Crippen molar-refractivity contribution in [3.8, 4) is 0 Å². The molecule has 4 nitrogen and oxygen atoms in total. The van der Waals surface area contributed by atoms with Gasteiger partial charge < -0.3 is 9.84 Å². The quantitative estimate of drug-likeness (QED) is 0.585. The highest BCUT2D eigenvalue weighted by Gasteiger charge is 2.16. The second kappa shape index (κ2) is 4.08. The molecule has 0 aromatic rings. The number of ether oxygens (including phenoxy) is 1. The maximum atomic E-state index is 10.6. The van der Waals surface area contributed by atoms with Crippen LogP contribution in [0.4, 0.5) is 0 Å². The summed E-state index contributed by atoms with van der Waals surface area (Å²) in [5.74, 6) is -1.01. The first kappa shape index (κ1) is 10.1. The van der Waals surface area contributed by atoms with Gasteiger partial charge in [0, 0.05) is 0 Å². The van der Waals surface area contributed by atoms with Crippen LogP contribution in [0.3, 0.4) is 0 Å². The van der Waals surface area contributed by atoms with Crippen molar-refractivity contribution in [2.75, 3.05) is 0 Å². The number of aliphatic hydroxyl groups is 1. The third kappa shape index (κ3) is 3.72. The lowest BCUT2D eigenvalue weighted by Crippen LogP contribution is -2.27. The standard InChI is InChI=1S/C7H12O4/c1-4(8)6(3)11-7(10)5(2)9/h5-6,9H,1-3H3/t5-,6?/m0/s1. The SMILES string of the molecule is CC(=O)C(C)OC(=O)[C@H](C)O. The summed E-state index contributed by atoms with van der Waals surface area (Å²) in [5, 5.41) is 8.67. The molecule has 0 saturated carbocycles. The van der Waals surface area contributed by atoms with E-state index in [1.165, 1.54) is 20.8 Å². The lowest BCUT2D eigenvalue weighted by atomic mass is 10.3. The van der Waals surface area contributed by atoms with E-state index >= 15 is 0 Å². The number of carbonyl (C=O) groups excluding carboxylic acids is 2. The zero-order valence-electron chi connectivity index (χ0n) is 6.83. The van der Waals surface area contributed by atoms with E-state index < -0.39 is 18.2 Å². The molecule has 1 unspecified atom stereocenters. The molecule has 0 amide bonds. The van der Waals surface area contributed by atoms with Gasteiger partial charge in [-0.3, -0.25) is 4.79 Å². The van der Waals surface area contributed by atoms with E-state index in [1.54, 1.807) is 0 Å². The summed E-state index contributed by atoms with van der Waals surface area (Å²) >= 11 is 0. The normalized spacial score (nSPS) is 15.3. The van der Waals surface area contributed by atoms with Crippen molar-refractivity contribution >= 4 is 11.8 Å². The largest absolute Gasteiger partial charge is 0.453 e. The van der Waals surface area contributed by atoms with E-state index in [1.807, 2.05) is 0 Å². The first-order valence-corrected chi connectivity index (χ1v) is 3.34. The van der Waals surface area contributed by atoms with Crippen molar-refractivity contribution in [2.45, 2.75) is 33.0 Å². The topological polar surface area (TPSA) is 63.6 Å². The average Bonchev–Trinajstić information content (AvgIpc) is 1.87. The minimum absolute atomic E-state index is 0.237. The van der Waals surface area contributed by atoms with Crippen LogP contribution in [0.25, 0.3) is 0 Å². The Morgan fingerprint density at radius 2 is 1.82 bits per heavy atom. The zero-order valence-corrected chi connectivity index (χ0v) is 6.83. The van der Waals surface area contributed by atoms with Crippen LogP contribution in [-0.4, -0.2) is 29.1 Å². The van der Waals surface area contributed by atoms with Crippen molar-refractivity contribution < 1.29 is 19.4 Å². The molecule has 0 saturated heterocycles. The number of hydrogen-bond acceptors (Lipinski definition) is 4. The summed E-state index contributed by atoms with van der Waals surface area (Å²) < 4.78 is 4.53. The molecule has 4 heteroatoms. The Labute approximate surface area is 65.2 Å². The van der Waals surface area contributed by atoms with Crippen molar-refractivity contribution in [1.29, 1.82) is 0 Å². The summed E-state index contributed by atoms with van der Waals surface area (Å²) in [7, 11) is 0. The molecule has 0 fully saturated rings. The molecule has 0 aromatic heterocycles.